The molecule has 4 nitrogen and oxygen atoms in total. The van der Waals surface area contributed by atoms with Gasteiger partial charge in [0.1, 0.15) is 11.3 Å². The van der Waals surface area contributed by atoms with Crippen LogP contribution in [0.25, 0.3) is 0 Å². The predicted octanol–water partition coefficient (Wildman–Crippen LogP) is 2.12. The number of carbonyl (C=O) groups excluding carboxylic acids is 1. The molecule has 0 atom stereocenters. The number of aromatic nitrogens is 1. The van der Waals surface area contributed by atoms with Crippen LogP contribution in [0.5, 0.6) is 0 Å². The Kier molecular flexibility index (Phi) is 5.18. The van der Waals surface area contributed by atoms with Gasteiger partial charge in [-0.2, -0.15) is 0 Å². The number of rotatable bonds is 6. The van der Waals surface area contributed by atoms with Gasteiger partial charge >= 0.3 is 0 Å². The standard InChI is InChI=1S/C10H15ClN2O2/c1-8-9(7-13-15-8)10(14)12-6-4-2-3-5-11/h7H,2-6H2,1H3,(H,12,14). The third kappa shape index (κ3) is 3.91. The molecule has 0 aliphatic carbocycles. The summed E-state index contributed by atoms with van der Waals surface area (Å²) in [5.41, 5.74) is 0.507. The summed E-state index contributed by atoms with van der Waals surface area (Å²) in [6.45, 7) is 2.38. The Labute approximate surface area is 94.0 Å². The van der Waals surface area contributed by atoms with E-state index in [2.05, 4.69) is 10.5 Å². The number of halogens is 1. The molecule has 0 unspecified atom stereocenters. The molecule has 1 aromatic heterocycles. The van der Waals surface area contributed by atoms with E-state index < -0.39 is 0 Å². The Morgan fingerprint density at radius 2 is 2.33 bits per heavy atom. The maximum Gasteiger partial charge on any atom is 0.256 e. The van der Waals surface area contributed by atoms with Crippen molar-refractivity contribution in [2.24, 2.45) is 0 Å². The van der Waals surface area contributed by atoms with Gasteiger partial charge < -0.3 is 9.84 Å². The summed E-state index contributed by atoms with van der Waals surface area (Å²) in [6.07, 6.45) is 4.41. The van der Waals surface area contributed by atoms with Crippen molar-refractivity contribution in [1.29, 1.82) is 0 Å². The molecule has 0 aromatic carbocycles. The number of nitrogens with one attached hydrogen (secondary N) is 1. The van der Waals surface area contributed by atoms with Gasteiger partial charge in [0.25, 0.3) is 5.91 Å². The zero-order valence-electron chi connectivity index (χ0n) is 8.75. The molecular weight excluding hydrogens is 216 g/mol. The number of amides is 1. The van der Waals surface area contributed by atoms with Crippen LogP contribution < -0.4 is 5.32 Å². The molecule has 0 spiro atoms. The normalized spacial score (nSPS) is 10.3. The van der Waals surface area contributed by atoms with E-state index in [-0.39, 0.29) is 5.91 Å². The molecule has 5 heteroatoms. The minimum absolute atomic E-state index is 0.125. The Morgan fingerprint density at radius 1 is 1.53 bits per heavy atom. The second kappa shape index (κ2) is 6.45. The van der Waals surface area contributed by atoms with Crippen molar-refractivity contribution in [3.8, 4) is 0 Å². The molecule has 0 radical (unpaired) electrons. The van der Waals surface area contributed by atoms with Gasteiger partial charge in [-0.1, -0.05) is 11.6 Å². The van der Waals surface area contributed by atoms with E-state index in [4.69, 9.17) is 16.1 Å². The van der Waals surface area contributed by atoms with Crippen LogP contribution in [0.4, 0.5) is 0 Å². The molecule has 1 rings (SSSR count). The average molecular weight is 231 g/mol. The van der Waals surface area contributed by atoms with Crippen LogP contribution in [0, 0.1) is 6.92 Å². The van der Waals surface area contributed by atoms with E-state index in [0.717, 1.165) is 19.3 Å². The van der Waals surface area contributed by atoms with Gasteiger partial charge in [0, 0.05) is 12.4 Å². The fourth-order valence-electron chi connectivity index (χ4n) is 1.21. The summed E-state index contributed by atoms with van der Waals surface area (Å²) in [7, 11) is 0. The Bertz CT molecular complexity index is 312. The van der Waals surface area contributed by atoms with Crippen molar-refractivity contribution in [2.45, 2.75) is 26.2 Å². The zero-order chi connectivity index (χ0) is 11.1. The van der Waals surface area contributed by atoms with Crippen molar-refractivity contribution >= 4 is 17.5 Å². The molecule has 0 aliphatic rings. The predicted molar refractivity (Wildman–Crippen MR) is 58.1 cm³/mol. The van der Waals surface area contributed by atoms with E-state index in [1.54, 1.807) is 6.92 Å². The van der Waals surface area contributed by atoms with Crippen molar-refractivity contribution in [1.82, 2.24) is 10.5 Å². The number of unbranched alkanes of at least 4 members (excludes halogenated alkanes) is 2. The number of carbonyl (C=O) groups is 1. The molecule has 0 saturated carbocycles. The van der Waals surface area contributed by atoms with E-state index in [0.29, 0.717) is 23.7 Å². The van der Waals surface area contributed by atoms with Crippen LogP contribution in [-0.4, -0.2) is 23.5 Å². The molecular formula is C10H15ClN2O2. The quantitative estimate of drug-likeness (QED) is 0.602. The van der Waals surface area contributed by atoms with Crippen molar-refractivity contribution in [3.05, 3.63) is 17.5 Å². The Balaban J connectivity index is 2.22. The van der Waals surface area contributed by atoms with Crippen LogP contribution in [0.15, 0.2) is 10.7 Å². The second-order valence-corrected chi connectivity index (χ2v) is 3.68. The fourth-order valence-corrected chi connectivity index (χ4v) is 1.40. The Morgan fingerprint density at radius 3 is 2.93 bits per heavy atom. The van der Waals surface area contributed by atoms with Gasteiger partial charge in [-0.05, 0) is 19.8 Å². The second-order valence-electron chi connectivity index (χ2n) is 3.30. The highest BCUT2D eigenvalue weighted by Gasteiger charge is 2.11. The number of hydrogen-bond acceptors (Lipinski definition) is 3. The summed E-state index contributed by atoms with van der Waals surface area (Å²) in [4.78, 5) is 11.5. The summed E-state index contributed by atoms with van der Waals surface area (Å²) in [5.74, 6) is 1.10. The largest absolute Gasteiger partial charge is 0.361 e. The third-order valence-electron chi connectivity index (χ3n) is 2.09. The third-order valence-corrected chi connectivity index (χ3v) is 2.36. The Hall–Kier alpha value is -1.03. The minimum atomic E-state index is -0.125. The average Bonchev–Trinajstić information content (AvgIpc) is 2.64. The van der Waals surface area contributed by atoms with Gasteiger partial charge in [-0.25, -0.2) is 0 Å². The highest BCUT2D eigenvalue weighted by Crippen LogP contribution is 2.05. The number of aryl methyl sites for hydroxylation is 1. The van der Waals surface area contributed by atoms with Crippen molar-refractivity contribution in [2.75, 3.05) is 12.4 Å². The van der Waals surface area contributed by atoms with Crippen LogP contribution in [0.1, 0.15) is 35.4 Å². The smallest absolute Gasteiger partial charge is 0.256 e. The van der Waals surface area contributed by atoms with Crippen LogP contribution in [0.3, 0.4) is 0 Å². The molecule has 84 valence electrons. The summed E-state index contributed by atoms with van der Waals surface area (Å²) in [6, 6.07) is 0. The van der Waals surface area contributed by atoms with Crippen LogP contribution in [-0.2, 0) is 0 Å². The molecule has 1 amide bonds. The first-order valence-corrected chi connectivity index (χ1v) is 5.54. The SMILES string of the molecule is Cc1oncc1C(=O)NCCCCCCl. The van der Waals surface area contributed by atoms with Crippen LogP contribution in [0.2, 0.25) is 0 Å². The van der Waals surface area contributed by atoms with E-state index in [1.165, 1.54) is 6.20 Å². The van der Waals surface area contributed by atoms with Gasteiger partial charge in [-0.15, -0.1) is 11.6 Å². The highest BCUT2D eigenvalue weighted by molar-refractivity contribution is 6.17. The first-order valence-electron chi connectivity index (χ1n) is 5.01. The van der Waals surface area contributed by atoms with Gasteiger partial charge in [0.05, 0.1) is 6.20 Å². The molecule has 0 fully saturated rings. The highest BCUT2D eigenvalue weighted by atomic mass is 35.5. The van der Waals surface area contributed by atoms with Crippen LogP contribution >= 0.6 is 11.6 Å². The lowest BCUT2D eigenvalue weighted by molar-refractivity contribution is 0.0951. The molecule has 0 saturated heterocycles. The lowest BCUT2D eigenvalue weighted by Gasteiger charge is -2.02. The summed E-state index contributed by atoms with van der Waals surface area (Å²) < 4.78 is 4.80. The molecule has 0 aliphatic heterocycles. The first kappa shape index (κ1) is 12.0. The van der Waals surface area contributed by atoms with Gasteiger partial charge in [0.15, 0.2) is 0 Å². The molecule has 0 bridgehead atoms. The lowest BCUT2D eigenvalue weighted by atomic mass is 10.2. The molecule has 1 heterocycles. The fraction of sp³-hybridized carbons (Fsp3) is 0.600. The monoisotopic (exact) mass is 230 g/mol. The summed E-state index contributed by atoms with van der Waals surface area (Å²) >= 11 is 5.54. The maximum absolute atomic E-state index is 11.5. The molecule has 15 heavy (non-hydrogen) atoms. The number of alkyl halides is 1. The number of hydrogen-bond donors (Lipinski definition) is 1. The molecule has 1 aromatic rings. The van der Waals surface area contributed by atoms with Gasteiger partial charge in [0.2, 0.25) is 0 Å². The van der Waals surface area contributed by atoms with E-state index in [1.807, 2.05) is 0 Å². The van der Waals surface area contributed by atoms with E-state index >= 15 is 0 Å². The maximum atomic E-state index is 11.5. The number of nitrogens with zero attached hydrogens (tertiary/aromatic N) is 1. The van der Waals surface area contributed by atoms with Crippen molar-refractivity contribution in [3.63, 3.8) is 0 Å². The van der Waals surface area contributed by atoms with Gasteiger partial charge in [-0.3, -0.25) is 4.79 Å². The summed E-state index contributed by atoms with van der Waals surface area (Å²) in [5, 5.41) is 6.35. The zero-order valence-corrected chi connectivity index (χ0v) is 9.51. The minimum Gasteiger partial charge on any atom is -0.361 e. The lowest BCUT2D eigenvalue weighted by Crippen LogP contribution is -2.24. The van der Waals surface area contributed by atoms with E-state index in [9.17, 15) is 4.79 Å². The first-order chi connectivity index (χ1) is 7.25. The topological polar surface area (TPSA) is 55.1 Å². The van der Waals surface area contributed by atoms with Crippen molar-refractivity contribution < 1.29 is 9.32 Å². The molecule has 1 N–H and O–H groups in total.